The molecule has 1 N–H and O–H groups in total. The highest BCUT2D eigenvalue weighted by Gasteiger charge is 2.10. The van der Waals surface area contributed by atoms with Crippen molar-refractivity contribution in [2.75, 3.05) is 0 Å². The molecule has 0 fully saturated rings. The predicted molar refractivity (Wildman–Crippen MR) is 65.9 cm³/mol. The van der Waals surface area contributed by atoms with Gasteiger partial charge in [0.2, 0.25) is 0 Å². The van der Waals surface area contributed by atoms with E-state index in [0.717, 1.165) is 5.56 Å². The van der Waals surface area contributed by atoms with E-state index in [2.05, 4.69) is 0 Å². The molecule has 16 heavy (non-hydrogen) atoms. The van der Waals surface area contributed by atoms with E-state index in [-0.39, 0.29) is 0 Å². The summed E-state index contributed by atoms with van der Waals surface area (Å²) in [6.45, 7) is 0. The summed E-state index contributed by atoms with van der Waals surface area (Å²) < 4.78 is 20.4. The first kappa shape index (κ1) is 11.3. The van der Waals surface area contributed by atoms with Crippen LogP contribution in [0, 0.1) is 0 Å². The third-order valence-electron chi connectivity index (χ3n) is 2.24. The summed E-state index contributed by atoms with van der Waals surface area (Å²) >= 11 is 4.05. The first-order chi connectivity index (χ1) is 7.70. The van der Waals surface area contributed by atoms with Crippen molar-refractivity contribution in [3.05, 3.63) is 53.6 Å². The Morgan fingerprint density at radius 3 is 2.12 bits per heavy atom. The largest absolute Gasteiger partial charge is 0.302 e. The van der Waals surface area contributed by atoms with Gasteiger partial charge >= 0.3 is 0 Å². The van der Waals surface area contributed by atoms with Crippen molar-refractivity contribution < 1.29 is 8.76 Å². The van der Waals surface area contributed by atoms with Gasteiger partial charge in [0.1, 0.15) is 0 Å². The van der Waals surface area contributed by atoms with Crippen molar-refractivity contribution in [1.82, 2.24) is 0 Å². The van der Waals surface area contributed by atoms with Crippen LogP contribution in [-0.2, 0) is 11.1 Å². The summed E-state index contributed by atoms with van der Waals surface area (Å²) in [5, 5.41) is 0.570. The van der Waals surface area contributed by atoms with Gasteiger partial charge in [-0.05, 0) is 12.1 Å². The molecule has 2 aromatic rings. The Labute approximate surface area is 101 Å². The molecule has 2 nitrogen and oxygen atoms in total. The molecule has 0 aliphatic rings. The van der Waals surface area contributed by atoms with Gasteiger partial charge in [0.05, 0.1) is 4.90 Å². The van der Waals surface area contributed by atoms with Gasteiger partial charge in [-0.25, -0.2) is 4.21 Å². The summed E-state index contributed by atoms with van der Waals surface area (Å²) in [6, 6.07) is 14.2. The zero-order valence-electron chi connectivity index (χ0n) is 8.26. The van der Waals surface area contributed by atoms with Crippen molar-refractivity contribution in [2.24, 2.45) is 0 Å². The van der Waals surface area contributed by atoms with Gasteiger partial charge in [0.25, 0.3) is 0 Å². The average Bonchev–Trinajstić information content (AvgIpc) is 2.29. The fourth-order valence-corrected chi connectivity index (χ4v) is 2.32. The Morgan fingerprint density at radius 1 is 0.938 bits per heavy atom. The van der Waals surface area contributed by atoms with E-state index in [0.29, 0.717) is 15.5 Å². The number of hydrogen-bond acceptors (Lipinski definition) is 1. The average molecular weight is 253 g/mol. The molecule has 0 spiro atoms. The van der Waals surface area contributed by atoms with Gasteiger partial charge in [-0.2, -0.15) is 0 Å². The molecule has 1 unspecified atom stereocenters. The van der Waals surface area contributed by atoms with E-state index in [1.807, 2.05) is 24.3 Å². The highest BCUT2D eigenvalue weighted by Crippen LogP contribution is 2.31. The minimum Gasteiger partial charge on any atom is -0.302 e. The maximum atomic E-state index is 11.2. The first-order valence-electron chi connectivity index (χ1n) is 4.65. The fraction of sp³-hybridized carbons (Fsp3) is 0. The first-order valence-corrected chi connectivity index (χ1v) is 6.13. The Balaban J connectivity index is 2.65. The SMILES string of the molecule is O=S(O)c1ccccc1-c1ccccc1Cl. The minimum absolute atomic E-state index is 0.371. The van der Waals surface area contributed by atoms with Crippen molar-refractivity contribution >= 4 is 22.7 Å². The predicted octanol–water partition coefficient (Wildman–Crippen LogP) is 3.59. The molecule has 0 saturated carbocycles. The molecule has 0 amide bonds. The van der Waals surface area contributed by atoms with Gasteiger partial charge in [0.15, 0.2) is 11.1 Å². The van der Waals surface area contributed by atoms with Crippen LogP contribution in [0.1, 0.15) is 0 Å². The third-order valence-corrected chi connectivity index (χ3v) is 3.30. The Bertz CT molecular complexity index is 540. The third kappa shape index (κ3) is 2.16. The second-order valence-corrected chi connectivity index (χ2v) is 4.57. The second-order valence-electron chi connectivity index (χ2n) is 3.23. The van der Waals surface area contributed by atoms with Crippen LogP contribution in [0.15, 0.2) is 53.4 Å². The smallest absolute Gasteiger partial charge is 0.187 e. The van der Waals surface area contributed by atoms with E-state index in [1.54, 1.807) is 24.3 Å². The lowest BCUT2D eigenvalue weighted by molar-refractivity contribution is 0.564. The van der Waals surface area contributed by atoms with Crippen LogP contribution in [0.3, 0.4) is 0 Å². The fourth-order valence-electron chi connectivity index (χ4n) is 1.52. The topological polar surface area (TPSA) is 37.3 Å². The van der Waals surface area contributed by atoms with Crippen molar-refractivity contribution in [1.29, 1.82) is 0 Å². The normalized spacial score (nSPS) is 12.4. The highest BCUT2D eigenvalue weighted by molar-refractivity contribution is 7.79. The zero-order valence-corrected chi connectivity index (χ0v) is 9.83. The number of hydrogen-bond donors (Lipinski definition) is 1. The molecule has 0 aliphatic heterocycles. The summed E-state index contributed by atoms with van der Waals surface area (Å²) in [6.07, 6.45) is 0. The molecule has 0 bridgehead atoms. The van der Waals surface area contributed by atoms with Crippen LogP contribution >= 0.6 is 11.6 Å². The lowest BCUT2D eigenvalue weighted by Crippen LogP contribution is -1.92. The van der Waals surface area contributed by atoms with E-state index in [1.165, 1.54) is 0 Å². The lowest BCUT2D eigenvalue weighted by Gasteiger charge is -2.07. The Kier molecular flexibility index (Phi) is 3.39. The van der Waals surface area contributed by atoms with Crippen molar-refractivity contribution in [2.45, 2.75) is 4.90 Å². The Hall–Kier alpha value is -1.16. The molecule has 4 heteroatoms. The number of rotatable bonds is 2. The van der Waals surface area contributed by atoms with Gasteiger partial charge in [-0.1, -0.05) is 48.0 Å². The lowest BCUT2D eigenvalue weighted by atomic mass is 10.1. The van der Waals surface area contributed by atoms with Gasteiger partial charge < -0.3 is 4.55 Å². The molecule has 0 aromatic heterocycles. The quantitative estimate of drug-likeness (QED) is 0.830. The molecule has 2 rings (SSSR count). The summed E-state index contributed by atoms with van der Waals surface area (Å²) in [4.78, 5) is 0.371. The van der Waals surface area contributed by atoms with Crippen LogP contribution in [-0.4, -0.2) is 8.76 Å². The molecular formula is C12H9ClO2S. The van der Waals surface area contributed by atoms with E-state index in [4.69, 9.17) is 11.6 Å². The second kappa shape index (κ2) is 4.78. The van der Waals surface area contributed by atoms with Crippen LogP contribution in [0.2, 0.25) is 5.02 Å². The van der Waals surface area contributed by atoms with Gasteiger partial charge in [0, 0.05) is 16.1 Å². The van der Waals surface area contributed by atoms with Crippen molar-refractivity contribution in [3.8, 4) is 11.1 Å². The molecule has 1 atom stereocenters. The molecule has 0 radical (unpaired) electrons. The number of halogens is 1. The monoisotopic (exact) mass is 252 g/mol. The van der Waals surface area contributed by atoms with Crippen LogP contribution < -0.4 is 0 Å². The maximum Gasteiger partial charge on any atom is 0.187 e. The molecule has 2 aromatic carbocycles. The van der Waals surface area contributed by atoms with Crippen LogP contribution in [0.4, 0.5) is 0 Å². The molecule has 0 saturated heterocycles. The molecule has 0 heterocycles. The Morgan fingerprint density at radius 2 is 1.50 bits per heavy atom. The zero-order chi connectivity index (χ0) is 11.5. The molecular weight excluding hydrogens is 244 g/mol. The minimum atomic E-state index is -2.01. The van der Waals surface area contributed by atoms with E-state index < -0.39 is 11.1 Å². The van der Waals surface area contributed by atoms with E-state index in [9.17, 15) is 8.76 Å². The van der Waals surface area contributed by atoms with Crippen LogP contribution in [0.25, 0.3) is 11.1 Å². The van der Waals surface area contributed by atoms with Crippen molar-refractivity contribution in [3.63, 3.8) is 0 Å². The maximum absolute atomic E-state index is 11.2. The molecule has 82 valence electrons. The summed E-state index contributed by atoms with van der Waals surface area (Å²) in [7, 11) is 0. The van der Waals surface area contributed by atoms with Crippen LogP contribution in [0.5, 0.6) is 0 Å². The van der Waals surface area contributed by atoms with Gasteiger partial charge in [-0.3, -0.25) is 0 Å². The summed E-state index contributed by atoms with van der Waals surface area (Å²) in [5.41, 5.74) is 1.45. The molecule has 0 aliphatic carbocycles. The standard InChI is InChI=1S/C12H9ClO2S/c13-11-7-3-1-5-9(11)10-6-2-4-8-12(10)16(14)15/h1-8H,(H,14,15). The number of benzene rings is 2. The van der Waals surface area contributed by atoms with Gasteiger partial charge in [-0.15, -0.1) is 0 Å². The highest BCUT2D eigenvalue weighted by atomic mass is 35.5. The van der Waals surface area contributed by atoms with E-state index >= 15 is 0 Å². The summed E-state index contributed by atoms with van der Waals surface area (Å²) in [5.74, 6) is 0.